The Morgan fingerprint density at radius 2 is 2.00 bits per heavy atom. The van der Waals surface area contributed by atoms with E-state index in [-0.39, 0.29) is 27.1 Å². The quantitative estimate of drug-likeness (QED) is 0.862. The molecule has 1 aliphatic rings. The number of halogens is 4. The van der Waals surface area contributed by atoms with Gasteiger partial charge in [-0.3, -0.25) is 10.1 Å². The van der Waals surface area contributed by atoms with Crippen LogP contribution >= 0.6 is 22.9 Å². The summed E-state index contributed by atoms with van der Waals surface area (Å²) in [7, 11) is 0. The van der Waals surface area contributed by atoms with Gasteiger partial charge in [0.05, 0.1) is 18.2 Å². The number of rotatable bonds is 2. The van der Waals surface area contributed by atoms with Crippen molar-refractivity contribution in [3.63, 3.8) is 0 Å². The van der Waals surface area contributed by atoms with E-state index < -0.39 is 17.1 Å². The SMILES string of the molecule is O=C(Nc1nnc(C(F)(F)F)s1)c1cc(Cl)c2c(c1)OCCCO2. The van der Waals surface area contributed by atoms with Gasteiger partial charge in [0.25, 0.3) is 5.91 Å². The van der Waals surface area contributed by atoms with Crippen LogP contribution in [0.1, 0.15) is 21.8 Å². The molecule has 2 heterocycles. The first-order valence-electron chi connectivity index (χ1n) is 6.66. The first-order valence-corrected chi connectivity index (χ1v) is 7.85. The molecule has 1 aromatic heterocycles. The largest absolute Gasteiger partial charge is 0.489 e. The number of hydrogen-bond acceptors (Lipinski definition) is 6. The van der Waals surface area contributed by atoms with Crippen molar-refractivity contribution in [2.75, 3.05) is 18.5 Å². The van der Waals surface area contributed by atoms with Gasteiger partial charge in [-0.15, -0.1) is 10.2 Å². The zero-order chi connectivity index (χ0) is 17.3. The van der Waals surface area contributed by atoms with Gasteiger partial charge in [-0.05, 0) is 12.1 Å². The molecule has 6 nitrogen and oxygen atoms in total. The molecule has 0 atom stereocenters. The lowest BCUT2D eigenvalue weighted by Gasteiger charge is -2.11. The number of carbonyl (C=O) groups excluding carboxylic acids is 1. The summed E-state index contributed by atoms with van der Waals surface area (Å²) in [6.07, 6.45) is -3.95. The summed E-state index contributed by atoms with van der Waals surface area (Å²) < 4.78 is 48.4. The van der Waals surface area contributed by atoms with Gasteiger partial charge in [-0.1, -0.05) is 22.9 Å². The first-order chi connectivity index (χ1) is 11.3. The Kier molecular flexibility index (Phi) is 4.50. The molecule has 0 saturated carbocycles. The molecule has 1 aliphatic heterocycles. The van der Waals surface area contributed by atoms with Gasteiger partial charge in [0, 0.05) is 12.0 Å². The molecular weight excluding hydrogens is 371 g/mol. The summed E-state index contributed by atoms with van der Waals surface area (Å²) in [5.74, 6) is -0.0446. The van der Waals surface area contributed by atoms with Crippen LogP contribution in [0.5, 0.6) is 11.5 Å². The van der Waals surface area contributed by atoms with Crippen LogP contribution in [0, 0.1) is 0 Å². The van der Waals surface area contributed by atoms with E-state index >= 15 is 0 Å². The van der Waals surface area contributed by atoms with Crippen molar-refractivity contribution < 1.29 is 27.4 Å². The summed E-state index contributed by atoms with van der Waals surface area (Å²) in [5.41, 5.74) is 0.105. The first kappa shape index (κ1) is 16.8. The Hall–Kier alpha value is -2.07. The number of aromatic nitrogens is 2. The standard InChI is InChI=1S/C13H9ClF3N3O3S/c14-7-4-6(5-8-9(7)23-3-1-2-22-8)10(21)18-12-20-19-11(24-12)13(15,16)17/h4-5H,1-3H2,(H,18,20,21). The van der Waals surface area contributed by atoms with Crippen LogP contribution < -0.4 is 14.8 Å². The molecule has 1 amide bonds. The number of carbonyl (C=O) groups is 1. The van der Waals surface area contributed by atoms with E-state index in [0.717, 1.165) is 0 Å². The predicted octanol–water partition coefficient (Wildman–Crippen LogP) is 3.62. The average Bonchev–Trinajstić information content (AvgIpc) is 2.84. The van der Waals surface area contributed by atoms with Crippen LogP contribution in [-0.4, -0.2) is 29.3 Å². The number of anilines is 1. The van der Waals surface area contributed by atoms with Crippen molar-refractivity contribution in [2.24, 2.45) is 0 Å². The highest BCUT2D eigenvalue weighted by Crippen LogP contribution is 2.38. The maximum absolute atomic E-state index is 12.5. The van der Waals surface area contributed by atoms with Crippen molar-refractivity contribution in [1.29, 1.82) is 0 Å². The Labute approximate surface area is 142 Å². The van der Waals surface area contributed by atoms with Crippen molar-refractivity contribution in [1.82, 2.24) is 10.2 Å². The van der Waals surface area contributed by atoms with Gasteiger partial charge in [-0.2, -0.15) is 13.2 Å². The Morgan fingerprint density at radius 1 is 1.25 bits per heavy atom. The molecule has 1 aromatic carbocycles. The second-order valence-corrected chi connectivity index (χ2v) is 6.08. The third kappa shape index (κ3) is 3.54. The van der Waals surface area contributed by atoms with Crippen LogP contribution in [-0.2, 0) is 6.18 Å². The van der Waals surface area contributed by atoms with Gasteiger partial charge in [0.15, 0.2) is 11.5 Å². The zero-order valence-corrected chi connectivity index (χ0v) is 13.4. The number of nitrogens with one attached hydrogen (secondary N) is 1. The highest BCUT2D eigenvalue weighted by molar-refractivity contribution is 7.15. The molecule has 0 spiro atoms. The van der Waals surface area contributed by atoms with Crippen LogP contribution in [0.25, 0.3) is 0 Å². The van der Waals surface area contributed by atoms with E-state index in [4.69, 9.17) is 21.1 Å². The number of ether oxygens (including phenoxy) is 2. The smallest absolute Gasteiger partial charge is 0.445 e. The molecule has 0 saturated heterocycles. The van der Waals surface area contributed by atoms with Crippen LogP contribution in [0.2, 0.25) is 5.02 Å². The van der Waals surface area contributed by atoms with E-state index in [0.29, 0.717) is 31.1 Å². The summed E-state index contributed by atoms with van der Waals surface area (Å²) in [5, 5.41) is 7.31. The van der Waals surface area contributed by atoms with Crippen molar-refractivity contribution in [3.8, 4) is 11.5 Å². The monoisotopic (exact) mass is 379 g/mol. The highest BCUT2D eigenvalue weighted by atomic mass is 35.5. The number of hydrogen-bond donors (Lipinski definition) is 1. The molecule has 0 radical (unpaired) electrons. The summed E-state index contributed by atoms with van der Waals surface area (Å²) in [6, 6.07) is 2.75. The van der Waals surface area contributed by atoms with E-state index in [1.807, 2.05) is 0 Å². The Balaban J connectivity index is 1.81. The van der Waals surface area contributed by atoms with E-state index in [1.54, 1.807) is 0 Å². The van der Waals surface area contributed by atoms with Gasteiger partial charge < -0.3 is 9.47 Å². The molecule has 1 N–H and O–H groups in total. The van der Waals surface area contributed by atoms with Crippen LogP contribution in [0.15, 0.2) is 12.1 Å². The van der Waals surface area contributed by atoms with Crippen molar-refractivity contribution in [3.05, 3.63) is 27.7 Å². The molecular formula is C13H9ClF3N3O3S. The van der Waals surface area contributed by atoms with Crippen LogP contribution in [0.4, 0.5) is 18.3 Å². The summed E-state index contributed by atoms with van der Waals surface area (Å²) in [4.78, 5) is 12.2. The fourth-order valence-electron chi connectivity index (χ4n) is 1.92. The Morgan fingerprint density at radius 3 is 2.71 bits per heavy atom. The number of amides is 1. The molecule has 2 aromatic rings. The van der Waals surface area contributed by atoms with Crippen molar-refractivity contribution >= 4 is 34.0 Å². The number of fused-ring (bicyclic) bond motifs is 1. The number of nitrogens with zero attached hydrogens (tertiary/aromatic N) is 2. The number of benzene rings is 1. The summed E-state index contributed by atoms with van der Waals surface area (Å²) >= 11 is 6.30. The van der Waals surface area contributed by atoms with Gasteiger partial charge in [0.1, 0.15) is 0 Å². The van der Waals surface area contributed by atoms with E-state index in [9.17, 15) is 18.0 Å². The third-order valence-corrected chi connectivity index (χ3v) is 4.12. The topological polar surface area (TPSA) is 73.3 Å². The Bertz CT molecular complexity index is 782. The van der Waals surface area contributed by atoms with E-state index in [1.165, 1.54) is 12.1 Å². The maximum atomic E-state index is 12.5. The fraction of sp³-hybridized carbons (Fsp3) is 0.308. The second-order valence-electron chi connectivity index (χ2n) is 4.70. The lowest BCUT2D eigenvalue weighted by Crippen LogP contribution is -2.12. The minimum Gasteiger partial charge on any atom is -0.489 e. The molecule has 24 heavy (non-hydrogen) atoms. The minimum atomic E-state index is -4.61. The normalized spacial score (nSPS) is 14.2. The highest BCUT2D eigenvalue weighted by Gasteiger charge is 2.35. The molecule has 0 unspecified atom stereocenters. The second kappa shape index (κ2) is 6.44. The van der Waals surface area contributed by atoms with Gasteiger partial charge in [-0.25, -0.2) is 0 Å². The lowest BCUT2D eigenvalue weighted by atomic mass is 10.2. The van der Waals surface area contributed by atoms with Gasteiger partial charge in [0.2, 0.25) is 10.1 Å². The number of alkyl halides is 3. The summed E-state index contributed by atoms with van der Waals surface area (Å²) in [6.45, 7) is 0.836. The third-order valence-electron chi connectivity index (χ3n) is 2.95. The van der Waals surface area contributed by atoms with E-state index in [2.05, 4.69) is 15.5 Å². The molecule has 0 fully saturated rings. The molecule has 3 rings (SSSR count). The minimum absolute atomic E-state index is 0.105. The average molecular weight is 380 g/mol. The zero-order valence-electron chi connectivity index (χ0n) is 11.8. The lowest BCUT2D eigenvalue weighted by molar-refractivity contribution is -0.138. The molecule has 0 bridgehead atoms. The van der Waals surface area contributed by atoms with Crippen molar-refractivity contribution in [2.45, 2.75) is 12.6 Å². The maximum Gasteiger partial charge on any atom is 0.445 e. The van der Waals surface area contributed by atoms with Gasteiger partial charge >= 0.3 is 6.18 Å². The predicted molar refractivity (Wildman–Crippen MR) is 79.9 cm³/mol. The fourth-order valence-corrected chi connectivity index (χ4v) is 2.79. The molecule has 11 heteroatoms. The molecule has 0 aliphatic carbocycles. The van der Waals surface area contributed by atoms with Crippen LogP contribution in [0.3, 0.4) is 0 Å². The molecule has 128 valence electrons.